The fourth-order valence-corrected chi connectivity index (χ4v) is 0.973. The van der Waals surface area contributed by atoms with Crippen LogP contribution in [0, 0.1) is 0 Å². The maximum atomic E-state index is 5.55. The molecule has 0 spiro atoms. The van der Waals surface area contributed by atoms with Crippen LogP contribution in [-0.4, -0.2) is 10.8 Å². The van der Waals surface area contributed by atoms with E-state index in [0.29, 0.717) is 0 Å². The Morgan fingerprint density at radius 2 is 1.93 bits per heavy atom. The minimum Gasteiger partial charge on any atom is -0.399 e. The van der Waals surface area contributed by atoms with E-state index in [1.165, 1.54) is 0 Å². The Labute approximate surface area is 88.0 Å². The first-order valence-corrected chi connectivity index (χ1v) is 4.46. The highest BCUT2D eigenvalue weighted by Crippen LogP contribution is 2.06. The largest absolute Gasteiger partial charge is 0.399 e. The molecule has 74 valence electrons. The number of hydrogen-bond acceptors (Lipinski definition) is 3. The van der Waals surface area contributed by atoms with Gasteiger partial charge in [-0.1, -0.05) is 12.1 Å². The van der Waals surface area contributed by atoms with Gasteiger partial charge in [0.2, 0.25) is 0 Å². The van der Waals surface area contributed by atoms with Gasteiger partial charge in [-0.05, 0) is 36.8 Å². The van der Waals surface area contributed by atoms with Crippen LogP contribution in [-0.2, 0) is 0 Å². The Kier molecular flexibility index (Phi) is 3.41. The molecule has 0 amide bonds. The Bertz CT molecular complexity index is 356. The zero-order chi connectivity index (χ0) is 10.6. The highest BCUT2D eigenvalue weighted by Gasteiger charge is 1.96. The van der Waals surface area contributed by atoms with Crippen LogP contribution in [0.3, 0.4) is 0 Å². The predicted molar refractivity (Wildman–Crippen MR) is 63.0 cm³/mol. The summed E-state index contributed by atoms with van der Waals surface area (Å²) in [4.78, 5) is 0. The van der Waals surface area contributed by atoms with Crippen molar-refractivity contribution in [3.63, 3.8) is 0 Å². The van der Waals surface area contributed by atoms with E-state index in [0.717, 1.165) is 17.0 Å². The Morgan fingerprint density at radius 1 is 1.36 bits per heavy atom. The molecule has 4 nitrogen and oxygen atoms in total. The Hall–Kier alpha value is -1.62. The third kappa shape index (κ3) is 3.02. The van der Waals surface area contributed by atoms with Gasteiger partial charge in [0.1, 0.15) is 0 Å². The molecule has 0 saturated carbocycles. The molecular formula is C9H12N4S. The Balaban J connectivity index is 2.78. The zero-order valence-corrected chi connectivity index (χ0v) is 8.64. The monoisotopic (exact) mass is 208 g/mol. The summed E-state index contributed by atoms with van der Waals surface area (Å²) >= 11 is 4.62. The van der Waals surface area contributed by atoms with Gasteiger partial charge in [-0.2, -0.15) is 5.10 Å². The number of hydrogen-bond donors (Lipinski definition) is 3. The fraction of sp³-hybridized carbons (Fsp3) is 0.111. The Morgan fingerprint density at radius 3 is 2.43 bits per heavy atom. The number of hydrazone groups is 1. The number of nitrogens with one attached hydrogen (secondary N) is 1. The quantitative estimate of drug-likeness (QED) is 0.291. The topological polar surface area (TPSA) is 76.4 Å². The predicted octanol–water partition coefficient (Wildman–Crippen LogP) is 0.826. The van der Waals surface area contributed by atoms with Gasteiger partial charge in [0, 0.05) is 5.69 Å². The number of rotatable bonds is 2. The second kappa shape index (κ2) is 4.57. The van der Waals surface area contributed by atoms with Crippen molar-refractivity contribution in [2.45, 2.75) is 6.92 Å². The molecular weight excluding hydrogens is 196 g/mol. The van der Waals surface area contributed by atoms with Crippen LogP contribution < -0.4 is 16.9 Å². The van der Waals surface area contributed by atoms with E-state index >= 15 is 0 Å². The average Bonchev–Trinajstić information content (AvgIpc) is 2.15. The van der Waals surface area contributed by atoms with E-state index in [-0.39, 0.29) is 5.11 Å². The van der Waals surface area contributed by atoms with E-state index in [2.05, 4.69) is 22.7 Å². The zero-order valence-electron chi connectivity index (χ0n) is 7.82. The van der Waals surface area contributed by atoms with Crippen molar-refractivity contribution in [3.05, 3.63) is 29.8 Å². The third-order valence-corrected chi connectivity index (χ3v) is 1.75. The molecule has 1 rings (SSSR count). The van der Waals surface area contributed by atoms with Crippen molar-refractivity contribution in [2.24, 2.45) is 10.8 Å². The minimum absolute atomic E-state index is 0.153. The summed E-state index contributed by atoms with van der Waals surface area (Å²) in [5.74, 6) is 0. The third-order valence-electron chi connectivity index (χ3n) is 1.66. The lowest BCUT2D eigenvalue weighted by atomic mass is 10.1. The minimum atomic E-state index is 0.153. The van der Waals surface area contributed by atoms with Gasteiger partial charge in [0.25, 0.3) is 0 Å². The van der Waals surface area contributed by atoms with E-state index in [1.54, 1.807) is 0 Å². The number of anilines is 1. The van der Waals surface area contributed by atoms with Gasteiger partial charge in [0.05, 0.1) is 5.71 Å². The van der Waals surface area contributed by atoms with Crippen LogP contribution in [0.1, 0.15) is 12.5 Å². The molecule has 0 fully saturated rings. The van der Waals surface area contributed by atoms with Gasteiger partial charge in [-0.3, -0.25) is 5.43 Å². The summed E-state index contributed by atoms with van der Waals surface area (Å²) in [6, 6.07) is 7.40. The molecule has 0 aromatic heterocycles. The highest BCUT2D eigenvalue weighted by molar-refractivity contribution is 7.80. The maximum absolute atomic E-state index is 5.55. The first kappa shape index (κ1) is 10.5. The van der Waals surface area contributed by atoms with E-state index in [9.17, 15) is 0 Å². The number of nitrogen functional groups attached to an aromatic ring is 1. The molecule has 1 aromatic carbocycles. The molecule has 0 bridgehead atoms. The van der Waals surface area contributed by atoms with Crippen LogP contribution in [0.2, 0.25) is 0 Å². The first-order valence-electron chi connectivity index (χ1n) is 4.05. The lowest BCUT2D eigenvalue weighted by Crippen LogP contribution is -2.25. The molecule has 0 heterocycles. The molecule has 5 heteroatoms. The van der Waals surface area contributed by atoms with E-state index < -0.39 is 0 Å². The summed E-state index contributed by atoms with van der Waals surface area (Å²) in [5, 5.41) is 4.14. The van der Waals surface area contributed by atoms with E-state index in [1.807, 2.05) is 31.2 Å². The number of nitrogens with two attached hydrogens (primary N) is 2. The highest BCUT2D eigenvalue weighted by atomic mass is 32.1. The molecule has 5 N–H and O–H groups in total. The van der Waals surface area contributed by atoms with Crippen molar-refractivity contribution in [2.75, 3.05) is 5.73 Å². The summed E-state index contributed by atoms with van der Waals surface area (Å²) in [5.41, 5.74) is 15.8. The summed E-state index contributed by atoms with van der Waals surface area (Å²) in [7, 11) is 0. The molecule has 0 radical (unpaired) electrons. The smallest absolute Gasteiger partial charge is 0.184 e. The van der Waals surface area contributed by atoms with Crippen LogP contribution in [0.15, 0.2) is 29.4 Å². The molecule has 0 atom stereocenters. The van der Waals surface area contributed by atoms with E-state index in [4.69, 9.17) is 11.5 Å². The van der Waals surface area contributed by atoms with Crippen LogP contribution in [0.4, 0.5) is 5.69 Å². The molecule has 0 saturated heterocycles. The van der Waals surface area contributed by atoms with Gasteiger partial charge < -0.3 is 11.5 Å². The molecule has 0 aliphatic carbocycles. The maximum Gasteiger partial charge on any atom is 0.184 e. The van der Waals surface area contributed by atoms with Crippen LogP contribution in [0.25, 0.3) is 0 Å². The average molecular weight is 208 g/mol. The second-order valence-corrected chi connectivity index (χ2v) is 3.24. The van der Waals surface area contributed by atoms with Crippen molar-refractivity contribution >= 4 is 28.7 Å². The standard InChI is InChI=1S/C9H12N4S/c1-6(12-13-9(11)14)7-2-4-8(10)5-3-7/h2-5H,10H2,1H3,(H3,11,13,14)/b12-6+. The number of benzene rings is 1. The van der Waals surface area contributed by atoms with Gasteiger partial charge in [0.15, 0.2) is 5.11 Å². The van der Waals surface area contributed by atoms with Crippen molar-refractivity contribution in [1.29, 1.82) is 0 Å². The fourth-order valence-electron chi connectivity index (χ4n) is 0.928. The van der Waals surface area contributed by atoms with Crippen molar-refractivity contribution < 1.29 is 0 Å². The van der Waals surface area contributed by atoms with Gasteiger partial charge >= 0.3 is 0 Å². The molecule has 0 aliphatic heterocycles. The summed E-state index contributed by atoms with van der Waals surface area (Å²) < 4.78 is 0. The molecule has 1 aromatic rings. The molecule has 0 aliphatic rings. The lowest BCUT2D eigenvalue weighted by molar-refractivity contribution is 1.03. The van der Waals surface area contributed by atoms with Crippen LogP contribution in [0.5, 0.6) is 0 Å². The second-order valence-electron chi connectivity index (χ2n) is 2.80. The normalized spacial score (nSPS) is 11.1. The SMILES string of the molecule is C/C(=N\NC(N)=S)c1ccc(N)cc1. The number of nitrogens with zero attached hydrogens (tertiary/aromatic N) is 1. The van der Waals surface area contributed by atoms with Crippen molar-refractivity contribution in [3.8, 4) is 0 Å². The number of thiocarbonyl (C=S) groups is 1. The van der Waals surface area contributed by atoms with Gasteiger partial charge in [-0.15, -0.1) is 0 Å². The summed E-state index contributed by atoms with van der Waals surface area (Å²) in [6.07, 6.45) is 0. The summed E-state index contributed by atoms with van der Waals surface area (Å²) in [6.45, 7) is 1.86. The van der Waals surface area contributed by atoms with Crippen molar-refractivity contribution in [1.82, 2.24) is 5.43 Å². The van der Waals surface area contributed by atoms with Crippen LogP contribution >= 0.6 is 12.2 Å². The lowest BCUT2D eigenvalue weighted by Gasteiger charge is -2.01. The molecule has 0 unspecified atom stereocenters. The van der Waals surface area contributed by atoms with Gasteiger partial charge in [-0.25, -0.2) is 0 Å². The molecule has 14 heavy (non-hydrogen) atoms. The first-order chi connectivity index (χ1) is 6.59.